The van der Waals surface area contributed by atoms with Gasteiger partial charge < -0.3 is 15.2 Å². The van der Waals surface area contributed by atoms with Crippen LogP contribution in [0.4, 0.5) is 0 Å². The van der Waals surface area contributed by atoms with Gasteiger partial charge in [0.05, 0.1) is 20.3 Å². The lowest BCUT2D eigenvalue weighted by atomic mass is 10.0. The number of ether oxygens (including phenoxy) is 2. The zero-order valence-electron chi connectivity index (χ0n) is 20.3. The van der Waals surface area contributed by atoms with E-state index >= 15 is 0 Å². The number of allylic oxidation sites excluding steroid dienone is 2. The molecule has 0 amide bonds. The molecule has 0 fully saturated rings. The van der Waals surface area contributed by atoms with Crippen LogP contribution < -0.4 is 5.73 Å². The molecule has 0 heterocycles. The van der Waals surface area contributed by atoms with Crippen molar-refractivity contribution in [3.05, 3.63) is 94.6 Å². The highest BCUT2D eigenvalue weighted by Gasteiger charge is 2.12. The smallest absolute Gasteiger partial charge is 0.323 e. The summed E-state index contributed by atoms with van der Waals surface area (Å²) in [5.41, 5.74) is 10.6. The second kappa shape index (κ2) is 15.3. The number of ketones is 1. The molecule has 0 aliphatic heterocycles. The Morgan fingerprint density at radius 2 is 1.74 bits per heavy atom. The van der Waals surface area contributed by atoms with Crippen LogP contribution in [0.25, 0.3) is 0 Å². The van der Waals surface area contributed by atoms with Gasteiger partial charge in [0.1, 0.15) is 6.04 Å². The molecule has 182 valence electrons. The Bertz CT molecular complexity index is 985. The van der Waals surface area contributed by atoms with Gasteiger partial charge in [0.25, 0.3) is 0 Å². The van der Waals surface area contributed by atoms with E-state index in [-0.39, 0.29) is 11.8 Å². The minimum Gasteiger partial charge on any atom is -0.468 e. The molecule has 2 N–H and O–H groups in total. The van der Waals surface area contributed by atoms with E-state index in [4.69, 9.17) is 10.5 Å². The summed E-state index contributed by atoms with van der Waals surface area (Å²) in [6, 6.07) is 16.3. The normalized spacial score (nSPS) is 12.9. The number of thioether (sulfide) groups is 1. The lowest BCUT2D eigenvalue weighted by molar-refractivity contribution is -0.141. The molecule has 0 bridgehead atoms. The lowest BCUT2D eigenvalue weighted by Crippen LogP contribution is -2.33. The predicted octanol–water partition coefficient (Wildman–Crippen LogP) is 5.34. The molecule has 0 aromatic heterocycles. The number of carbonyl (C=O) groups excluding carboxylic acids is 2. The van der Waals surface area contributed by atoms with Crippen LogP contribution in [0.5, 0.6) is 0 Å². The van der Waals surface area contributed by atoms with E-state index in [9.17, 15) is 9.59 Å². The largest absolute Gasteiger partial charge is 0.468 e. The third-order valence-corrected chi connectivity index (χ3v) is 6.20. The Morgan fingerprint density at radius 1 is 1.00 bits per heavy atom. The molecule has 2 aromatic rings. The van der Waals surface area contributed by atoms with E-state index in [1.807, 2.05) is 54.6 Å². The summed E-state index contributed by atoms with van der Waals surface area (Å²) < 4.78 is 10.5. The van der Waals surface area contributed by atoms with Crippen LogP contribution >= 0.6 is 11.8 Å². The SMILES string of the molecule is COC(=O)[C@@H](N)CSC/C=C(\C)CC/C=C(\C)COCc1cccc(C(=O)c2ccccc2)c1. The predicted molar refractivity (Wildman–Crippen MR) is 140 cm³/mol. The summed E-state index contributed by atoms with van der Waals surface area (Å²) in [7, 11) is 1.35. The van der Waals surface area contributed by atoms with E-state index < -0.39 is 6.04 Å². The average molecular weight is 482 g/mol. The highest BCUT2D eigenvalue weighted by molar-refractivity contribution is 7.99. The fraction of sp³-hybridized carbons (Fsp3) is 0.357. The van der Waals surface area contributed by atoms with Crippen molar-refractivity contribution in [1.82, 2.24) is 0 Å². The minimum absolute atomic E-state index is 0.0201. The van der Waals surface area contributed by atoms with Gasteiger partial charge in [-0.1, -0.05) is 71.8 Å². The van der Waals surface area contributed by atoms with Crippen LogP contribution in [-0.4, -0.2) is 43.0 Å². The summed E-state index contributed by atoms with van der Waals surface area (Å²) in [5, 5.41) is 0. The molecule has 0 radical (unpaired) electrons. The Hall–Kier alpha value is -2.67. The number of carbonyl (C=O) groups is 2. The summed E-state index contributed by atoms with van der Waals surface area (Å²) in [4.78, 5) is 23.9. The van der Waals surface area contributed by atoms with Crippen molar-refractivity contribution in [1.29, 1.82) is 0 Å². The lowest BCUT2D eigenvalue weighted by Gasteiger charge is -2.08. The van der Waals surface area contributed by atoms with Crippen molar-refractivity contribution >= 4 is 23.5 Å². The van der Waals surface area contributed by atoms with Crippen molar-refractivity contribution in [2.45, 2.75) is 39.3 Å². The van der Waals surface area contributed by atoms with Gasteiger partial charge >= 0.3 is 5.97 Å². The van der Waals surface area contributed by atoms with E-state index in [1.165, 1.54) is 18.3 Å². The Labute approximate surface area is 207 Å². The number of nitrogens with two attached hydrogens (primary N) is 1. The number of hydrogen-bond donors (Lipinski definition) is 1. The summed E-state index contributed by atoms with van der Waals surface area (Å²) in [5.74, 6) is 1.03. The molecule has 34 heavy (non-hydrogen) atoms. The third-order valence-electron chi connectivity index (χ3n) is 5.21. The van der Waals surface area contributed by atoms with Crippen LogP contribution in [0, 0.1) is 0 Å². The monoisotopic (exact) mass is 481 g/mol. The summed E-state index contributed by atoms with van der Waals surface area (Å²) in [6.07, 6.45) is 6.31. The first-order valence-electron chi connectivity index (χ1n) is 11.4. The van der Waals surface area contributed by atoms with Crippen LogP contribution in [-0.2, 0) is 20.9 Å². The second-order valence-corrected chi connectivity index (χ2v) is 9.27. The first kappa shape index (κ1) is 27.6. The number of methoxy groups -OCH3 is 1. The Kier molecular flexibility index (Phi) is 12.4. The second-order valence-electron chi connectivity index (χ2n) is 8.20. The molecule has 0 aliphatic carbocycles. The molecular formula is C28H35NO4S. The average Bonchev–Trinajstić information content (AvgIpc) is 2.86. The van der Waals surface area contributed by atoms with Crippen molar-refractivity contribution in [2.24, 2.45) is 5.73 Å². The van der Waals surface area contributed by atoms with Crippen molar-refractivity contribution in [3.63, 3.8) is 0 Å². The highest BCUT2D eigenvalue weighted by atomic mass is 32.2. The van der Waals surface area contributed by atoms with Crippen LogP contribution in [0.2, 0.25) is 0 Å². The van der Waals surface area contributed by atoms with Gasteiger partial charge in [0, 0.05) is 22.6 Å². The van der Waals surface area contributed by atoms with Gasteiger partial charge in [-0.2, -0.15) is 11.8 Å². The van der Waals surface area contributed by atoms with E-state index in [1.54, 1.807) is 11.8 Å². The van der Waals surface area contributed by atoms with E-state index in [2.05, 4.69) is 30.7 Å². The maximum absolute atomic E-state index is 12.6. The Balaban J connectivity index is 1.70. The molecule has 2 rings (SSSR count). The molecular weight excluding hydrogens is 446 g/mol. The molecule has 1 atom stereocenters. The minimum atomic E-state index is -0.568. The van der Waals surface area contributed by atoms with Gasteiger partial charge in [-0.3, -0.25) is 9.59 Å². The van der Waals surface area contributed by atoms with Crippen LogP contribution in [0.15, 0.2) is 77.9 Å². The van der Waals surface area contributed by atoms with E-state index in [0.717, 1.165) is 24.2 Å². The van der Waals surface area contributed by atoms with Crippen molar-refractivity contribution in [2.75, 3.05) is 25.2 Å². The maximum atomic E-state index is 12.6. The molecule has 0 aliphatic rings. The molecule has 2 aromatic carbocycles. The highest BCUT2D eigenvalue weighted by Crippen LogP contribution is 2.14. The van der Waals surface area contributed by atoms with Crippen LogP contribution in [0.1, 0.15) is 48.2 Å². The van der Waals surface area contributed by atoms with E-state index in [0.29, 0.717) is 30.1 Å². The fourth-order valence-electron chi connectivity index (χ4n) is 3.21. The van der Waals surface area contributed by atoms with Gasteiger partial charge in [-0.15, -0.1) is 0 Å². The maximum Gasteiger partial charge on any atom is 0.323 e. The molecule has 0 saturated heterocycles. The van der Waals surface area contributed by atoms with Gasteiger partial charge in [0.15, 0.2) is 5.78 Å². The number of rotatable bonds is 14. The third kappa shape index (κ3) is 10.1. The molecule has 6 heteroatoms. The van der Waals surface area contributed by atoms with Crippen molar-refractivity contribution in [3.8, 4) is 0 Å². The zero-order chi connectivity index (χ0) is 24.8. The first-order valence-corrected chi connectivity index (χ1v) is 12.5. The summed E-state index contributed by atoms with van der Waals surface area (Å²) >= 11 is 1.62. The number of benzene rings is 2. The van der Waals surface area contributed by atoms with Gasteiger partial charge in [-0.25, -0.2) is 0 Å². The molecule has 0 saturated carbocycles. The fourth-order valence-corrected chi connectivity index (χ4v) is 4.14. The van der Waals surface area contributed by atoms with Gasteiger partial charge in [-0.05, 0) is 38.3 Å². The quantitative estimate of drug-likeness (QED) is 0.170. The van der Waals surface area contributed by atoms with Gasteiger partial charge in [0.2, 0.25) is 0 Å². The topological polar surface area (TPSA) is 78.6 Å². The summed E-state index contributed by atoms with van der Waals surface area (Å²) in [6.45, 7) is 5.20. The van der Waals surface area contributed by atoms with Crippen LogP contribution in [0.3, 0.4) is 0 Å². The standard InChI is InChI=1S/C28H35NO4S/c1-21(15-16-34-20-26(29)28(31)32-3)9-7-10-22(2)18-33-19-23-11-8-14-25(17-23)27(30)24-12-5-4-6-13-24/h4-6,8,10-15,17,26H,7,9,16,18-20,29H2,1-3H3/b21-15+,22-10+/t26-/m0/s1. The molecule has 0 unspecified atom stereocenters. The zero-order valence-corrected chi connectivity index (χ0v) is 21.1. The van der Waals surface area contributed by atoms with Crippen molar-refractivity contribution < 1.29 is 19.1 Å². The number of hydrogen-bond acceptors (Lipinski definition) is 6. The Morgan fingerprint density at radius 3 is 2.47 bits per heavy atom. The molecule has 5 nitrogen and oxygen atoms in total. The first-order chi connectivity index (χ1) is 16.4. The number of esters is 1. The molecule has 0 spiro atoms.